The molecule has 0 amide bonds. The second kappa shape index (κ2) is 68.7. The zero-order chi connectivity index (χ0) is 65.5. The second-order valence-corrected chi connectivity index (χ2v) is 25.9. The predicted molar refractivity (Wildman–Crippen MR) is 387 cm³/mol. The van der Waals surface area contributed by atoms with Gasteiger partial charge in [-0.05, 0) is 128 Å². The van der Waals surface area contributed by atoms with Crippen molar-refractivity contribution in [2.45, 2.75) is 277 Å². The molecule has 510 valence electrons. The topological polar surface area (TPSA) is 111 Å². The summed E-state index contributed by atoms with van der Waals surface area (Å²) in [5, 5.41) is 0. The quantitative estimate of drug-likeness (QED) is 0.0195. The number of quaternary nitrogens is 1. The van der Waals surface area contributed by atoms with Crippen molar-refractivity contribution in [1.82, 2.24) is 0 Å². The number of phosphoric ester groups is 1. The van der Waals surface area contributed by atoms with Gasteiger partial charge in [-0.15, -0.1) is 0 Å². The molecule has 2 atom stereocenters. The highest BCUT2D eigenvalue weighted by Gasteiger charge is 2.22. The number of ether oxygens (including phenoxy) is 2. The van der Waals surface area contributed by atoms with Crippen LogP contribution in [0.2, 0.25) is 0 Å². The summed E-state index contributed by atoms with van der Waals surface area (Å²) in [6.07, 6.45) is 104. The average molecular weight is 1270 g/mol. The van der Waals surface area contributed by atoms with Gasteiger partial charge in [-0.1, -0.05) is 300 Å². The molecule has 0 radical (unpaired) electrons. The fourth-order valence-electron chi connectivity index (χ4n) is 9.32. The van der Waals surface area contributed by atoms with Gasteiger partial charge in [-0.2, -0.15) is 0 Å². The number of esters is 2. The van der Waals surface area contributed by atoms with E-state index in [1.54, 1.807) is 0 Å². The highest BCUT2D eigenvalue weighted by atomic mass is 31.2. The number of phosphoric acid groups is 1. The SMILES string of the molecule is CC/C=C\C/C=C\C/C=C\C/C=C\C/C=C\C/C=C\C/C=C\C/C=C\C/C=C\C/C=C\CCCCCCCCCCCCC(=O)OC(COC(=O)CCCCCCCCCCCCCC/C=C\C/C=C\C/C=C\C/C=C\CC)COP(=O)([O-])OCC[N+](C)(C)C. The van der Waals surface area contributed by atoms with Crippen molar-refractivity contribution in [3.8, 4) is 0 Å². The van der Waals surface area contributed by atoms with E-state index in [1.165, 1.54) is 96.3 Å². The van der Waals surface area contributed by atoms with Crippen LogP contribution in [0, 0.1) is 0 Å². The zero-order valence-electron chi connectivity index (χ0n) is 58.0. The Morgan fingerprint density at radius 1 is 0.344 bits per heavy atom. The number of hydrogen-bond acceptors (Lipinski definition) is 8. The lowest BCUT2D eigenvalue weighted by Gasteiger charge is -2.28. The first-order valence-corrected chi connectivity index (χ1v) is 37.3. The van der Waals surface area contributed by atoms with Crippen LogP contribution >= 0.6 is 7.82 Å². The third kappa shape index (κ3) is 72.4. The molecule has 0 saturated carbocycles. The molecule has 90 heavy (non-hydrogen) atoms. The van der Waals surface area contributed by atoms with Crippen molar-refractivity contribution >= 4 is 19.8 Å². The molecule has 0 aromatic carbocycles. The van der Waals surface area contributed by atoms with Gasteiger partial charge in [0.05, 0.1) is 27.7 Å². The standard InChI is InChI=1S/C80H132NO8P/c1-6-8-10-12-14-16-18-20-22-24-26-28-30-32-33-34-35-36-37-38-39-40-41-42-43-44-45-46-47-49-51-53-55-57-59-61-63-65-67-69-71-73-80(83)89-78(77-88-90(84,85)87-75-74-81(3,4)5)76-86-79(82)72-70-68-66-64-62-60-58-56-54-52-50-48-31-29-27-25-23-21-19-17-15-13-11-9-7-2/h8-11,14-17,20-23,26-29,32-33,35-36,38-39,41-42,44-45,47,49,78H,6-7,12-13,18-19,24-25,30-31,34,37,40,43,46,48,50-77H2,1-5H3/b10-8-,11-9-,16-14-,17-15-,22-20-,23-21-,28-26-,29-27-,33-32-,36-35-,39-38-,42-41-,45-44-,49-47-. The third-order valence-electron chi connectivity index (χ3n) is 14.7. The Morgan fingerprint density at radius 3 is 0.889 bits per heavy atom. The normalized spacial score (nSPS) is 14.2. The maximum atomic E-state index is 12.9. The molecule has 0 N–H and O–H groups in total. The van der Waals surface area contributed by atoms with Gasteiger partial charge >= 0.3 is 11.9 Å². The molecular formula is C80H132NO8P. The van der Waals surface area contributed by atoms with Crippen LogP contribution in [0.4, 0.5) is 0 Å². The highest BCUT2D eigenvalue weighted by Crippen LogP contribution is 2.38. The summed E-state index contributed by atoms with van der Waals surface area (Å²) in [7, 11) is 1.15. The lowest BCUT2D eigenvalue weighted by Crippen LogP contribution is -2.37. The number of nitrogens with zero attached hydrogens (tertiary/aromatic N) is 1. The Morgan fingerprint density at radius 2 is 0.600 bits per heavy atom. The number of allylic oxidation sites excluding steroid dienone is 28. The number of carbonyl (C=O) groups is 2. The van der Waals surface area contributed by atoms with Gasteiger partial charge < -0.3 is 27.9 Å². The molecule has 0 saturated heterocycles. The van der Waals surface area contributed by atoms with Gasteiger partial charge in [0.2, 0.25) is 0 Å². The van der Waals surface area contributed by atoms with Gasteiger partial charge in [0.15, 0.2) is 6.10 Å². The van der Waals surface area contributed by atoms with Crippen LogP contribution in [0.5, 0.6) is 0 Å². The second-order valence-electron chi connectivity index (χ2n) is 24.5. The molecule has 0 aliphatic rings. The number of unbranched alkanes of at least 4 members (excludes halogenated alkanes) is 22. The monoisotopic (exact) mass is 1270 g/mol. The van der Waals surface area contributed by atoms with E-state index in [1.807, 2.05) is 21.1 Å². The van der Waals surface area contributed by atoms with E-state index < -0.39 is 32.5 Å². The summed E-state index contributed by atoms with van der Waals surface area (Å²) in [4.78, 5) is 38.1. The van der Waals surface area contributed by atoms with Crippen molar-refractivity contribution in [2.24, 2.45) is 0 Å². The smallest absolute Gasteiger partial charge is 0.306 e. The maximum absolute atomic E-state index is 12.9. The molecule has 10 heteroatoms. The molecule has 9 nitrogen and oxygen atoms in total. The fourth-order valence-corrected chi connectivity index (χ4v) is 10.1. The van der Waals surface area contributed by atoms with E-state index in [0.29, 0.717) is 17.4 Å². The van der Waals surface area contributed by atoms with Crippen LogP contribution in [-0.4, -0.2) is 70.0 Å². The molecule has 0 aromatic heterocycles. The van der Waals surface area contributed by atoms with Crippen LogP contribution in [0.3, 0.4) is 0 Å². The Bertz CT molecular complexity index is 2130. The lowest BCUT2D eigenvalue weighted by atomic mass is 10.0. The van der Waals surface area contributed by atoms with Crippen molar-refractivity contribution in [3.63, 3.8) is 0 Å². The molecule has 0 rings (SSSR count). The van der Waals surface area contributed by atoms with Crippen LogP contribution in [0.1, 0.15) is 271 Å². The van der Waals surface area contributed by atoms with Crippen LogP contribution in [0.25, 0.3) is 0 Å². The fraction of sp³-hybridized carbons (Fsp3) is 0.625. The molecule has 0 heterocycles. The summed E-state index contributed by atoms with van der Waals surface area (Å²) in [5.41, 5.74) is 0. The van der Waals surface area contributed by atoms with Crippen molar-refractivity contribution in [3.05, 3.63) is 170 Å². The highest BCUT2D eigenvalue weighted by molar-refractivity contribution is 7.45. The molecule has 2 unspecified atom stereocenters. The summed E-state index contributed by atoms with van der Waals surface area (Å²) in [5.74, 6) is -0.846. The lowest BCUT2D eigenvalue weighted by molar-refractivity contribution is -0.870. The van der Waals surface area contributed by atoms with Gasteiger partial charge in [-0.25, -0.2) is 0 Å². The van der Waals surface area contributed by atoms with E-state index in [-0.39, 0.29) is 26.1 Å². The van der Waals surface area contributed by atoms with Crippen LogP contribution in [0.15, 0.2) is 170 Å². The molecule has 0 fully saturated rings. The van der Waals surface area contributed by atoms with Crippen LogP contribution in [-0.2, 0) is 32.7 Å². The first kappa shape index (κ1) is 85.4. The predicted octanol–water partition coefficient (Wildman–Crippen LogP) is 23.1. The third-order valence-corrected chi connectivity index (χ3v) is 15.7. The Balaban J connectivity index is 4.10. The van der Waals surface area contributed by atoms with Gasteiger partial charge in [0.25, 0.3) is 7.82 Å². The van der Waals surface area contributed by atoms with Crippen molar-refractivity contribution in [2.75, 3.05) is 47.5 Å². The minimum absolute atomic E-state index is 0.0396. The van der Waals surface area contributed by atoms with E-state index in [4.69, 9.17) is 18.5 Å². The number of rotatable bonds is 64. The minimum Gasteiger partial charge on any atom is -0.756 e. The molecule has 0 aromatic rings. The average Bonchev–Trinajstić information content (AvgIpc) is 3.62. The summed E-state index contributed by atoms with van der Waals surface area (Å²) < 4.78 is 34.3. The Hall–Kier alpha value is -4.63. The van der Waals surface area contributed by atoms with Gasteiger partial charge in [-0.3, -0.25) is 14.2 Å². The maximum Gasteiger partial charge on any atom is 0.306 e. The number of hydrogen-bond donors (Lipinski definition) is 0. The minimum atomic E-state index is -4.65. The molecule has 0 aliphatic heterocycles. The number of carbonyl (C=O) groups excluding carboxylic acids is 2. The van der Waals surface area contributed by atoms with E-state index in [0.717, 1.165) is 141 Å². The first-order valence-electron chi connectivity index (χ1n) is 35.8. The Labute approximate surface area is 553 Å². The van der Waals surface area contributed by atoms with Crippen LogP contribution < -0.4 is 4.89 Å². The van der Waals surface area contributed by atoms with Gasteiger partial charge in [0.1, 0.15) is 19.8 Å². The van der Waals surface area contributed by atoms with Crippen molar-refractivity contribution in [1.29, 1.82) is 0 Å². The van der Waals surface area contributed by atoms with Gasteiger partial charge in [0, 0.05) is 12.8 Å². The molecule has 0 bridgehead atoms. The molecule has 0 spiro atoms. The van der Waals surface area contributed by atoms with Crippen molar-refractivity contribution < 1.29 is 42.1 Å². The number of likely N-dealkylation sites (N-methyl/N-ethyl adjacent to an activating group) is 1. The molecule has 0 aliphatic carbocycles. The summed E-state index contributed by atoms with van der Waals surface area (Å²) in [6.45, 7) is 4.00. The first-order chi connectivity index (χ1) is 44.0. The zero-order valence-corrected chi connectivity index (χ0v) is 58.9. The van der Waals surface area contributed by atoms with E-state index in [9.17, 15) is 19.0 Å². The van der Waals surface area contributed by atoms with E-state index >= 15 is 0 Å². The van der Waals surface area contributed by atoms with E-state index in [2.05, 4.69) is 184 Å². The Kier molecular flexibility index (Phi) is 65.2. The summed E-state index contributed by atoms with van der Waals surface area (Å²) in [6, 6.07) is 0. The molecular weight excluding hydrogens is 1130 g/mol. The summed E-state index contributed by atoms with van der Waals surface area (Å²) >= 11 is 0. The largest absolute Gasteiger partial charge is 0.756 e.